The SMILES string of the molecule is CN(c1nc2nc[nH]c2c(=O)[nH]1)[C@@H]1O[C@H](CO)[C@@H](O)[C@H](O)[C@H]1O. The lowest BCUT2D eigenvalue weighted by atomic mass is 9.98. The highest BCUT2D eigenvalue weighted by Crippen LogP contribution is 2.24. The van der Waals surface area contributed by atoms with Gasteiger partial charge in [-0.25, -0.2) is 4.98 Å². The highest BCUT2D eigenvalue weighted by molar-refractivity contribution is 5.69. The zero-order chi connectivity index (χ0) is 16.7. The van der Waals surface area contributed by atoms with E-state index in [1.54, 1.807) is 0 Å². The molecule has 0 saturated carbocycles. The third-order valence-electron chi connectivity index (χ3n) is 3.87. The van der Waals surface area contributed by atoms with E-state index in [1.807, 2.05) is 0 Å². The summed E-state index contributed by atoms with van der Waals surface area (Å²) in [7, 11) is 1.48. The Labute approximate surface area is 129 Å². The molecule has 1 aliphatic rings. The molecule has 2 aromatic heterocycles. The molecular formula is C12H17N5O6. The zero-order valence-corrected chi connectivity index (χ0v) is 12.1. The van der Waals surface area contributed by atoms with Crippen LogP contribution in [-0.2, 0) is 4.74 Å². The van der Waals surface area contributed by atoms with E-state index in [4.69, 9.17) is 4.74 Å². The highest BCUT2D eigenvalue weighted by Gasteiger charge is 2.45. The summed E-state index contributed by atoms with van der Waals surface area (Å²) < 4.78 is 5.41. The molecule has 11 heteroatoms. The molecule has 0 aliphatic carbocycles. The summed E-state index contributed by atoms with van der Waals surface area (Å²) in [6.45, 7) is -0.544. The van der Waals surface area contributed by atoms with Crippen LogP contribution < -0.4 is 10.5 Å². The molecule has 0 unspecified atom stereocenters. The number of aliphatic hydroxyl groups excluding tert-OH is 4. The predicted octanol–water partition coefficient (Wildman–Crippen LogP) is -3.12. The number of anilines is 1. The van der Waals surface area contributed by atoms with Crippen molar-refractivity contribution in [2.75, 3.05) is 18.6 Å². The number of aliphatic hydroxyl groups is 4. The average molecular weight is 327 g/mol. The van der Waals surface area contributed by atoms with Crippen LogP contribution in [0.25, 0.3) is 11.2 Å². The second-order valence-electron chi connectivity index (χ2n) is 5.32. The van der Waals surface area contributed by atoms with Crippen molar-refractivity contribution in [3.05, 3.63) is 16.7 Å². The van der Waals surface area contributed by atoms with Gasteiger partial charge in [-0.1, -0.05) is 0 Å². The van der Waals surface area contributed by atoms with Crippen LogP contribution in [0.3, 0.4) is 0 Å². The van der Waals surface area contributed by atoms with Crippen LogP contribution in [0.5, 0.6) is 0 Å². The molecule has 3 rings (SSSR count). The van der Waals surface area contributed by atoms with Crippen molar-refractivity contribution in [1.29, 1.82) is 0 Å². The van der Waals surface area contributed by atoms with Crippen LogP contribution in [-0.4, -0.2) is 84.7 Å². The number of aromatic nitrogens is 4. The first kappa shape index (κ1) is 15.8. The Balaban J connectivity index is 1.94. The summed E-state index contributed by atoms with van der Waals surface area (Å²) in [6.07, 6.45) is -5.32. The maximum Gasteiger partial charge on any atom is 0.278 e. The first-order valence-electron chi connectivity index (χ1n) is 6.90. The number of nitrogens with zero attached hydrogens (tertiary/aromatic N) is 3. The molecule has 5 atom stereocenters. The van der Waals surface area contributed by atoms with Gasteiger partial charge >= 0.3 is 0 Å². The Morgan fingerprint density at radius 1 is 1.30 bits per heavy atom. The number of nitrogens with one attached hydrogen (secondary N) is 2. The number of hydrogen-bond acceptors (Lipinski definition) is 9. The van der Waals surface area contributed by atoms with Gasteiger partial charge < -0.3 is 35.0 Å². The van der Waals surface area contributed by atoms with Gasteiger partial charge in [0.15, 0.2) is 17.4 Å². The molecule has 23 heavy (non-hydrogen) atoms. The first-order chi connectivity index (χ1) is 10.9. The first-order valence-corrected chi connectivity index (χ1v) is 6.90. The number of ether oxygens (including phenoxy) is 1. The topological polar surface area (TPSA) is 168 Å². The summed E-state index contributed by atoms with van der Waals surface area (Å²) in [6, 6.07) is 0. The quantitative estimate of drug-likeness (QED) is 0.341. The number of H-pyrrole nitrogens is 2. The molecular weight excluding hydrogens is 310 g/mol. The maximum atomic E-state index is 11.9. The van der Waals surface area contributed by atoms with E-state index in [-0.39, 0.29) is 17.1 Å². The fourth-order valence-corrected chi connectivity index (χ4v) is 2.52. The Morgan fingerprint density at radius 3 is 2.74 bits per heavy atom. The summed E-state index contributed by atoms with van der Waals surface area (Å²) in [5, 5.41) is 38.9. The van der Waals surface area contributed by atoms with Crippen LogP contribution in [0.1, 0.15) is 0 Å². The van der Waals surface area contributed by atoms with Gasteiger partial charge in [0.2, 0.25) is 5.95 Å². The number of aromatic amines is 2. The highest BCUT2D eigenvalue weighted by atomic mass is 16.6. The van der Waals surface area contributed by atoms with E-state index < -0.39 is 42.8 Å². The van der Waals surface area contributed by atoms with Crippen molar-refractivity contribution in [1.82, 2.24) is 19.9 Å². The van der Waals surface area contributed by atoms with Crippen molar-refractivity contribution in [3.63, 3.8) is 0 Å². The van der Waals surface area contributed by atoms with Crippen molar-refractivity contribution < 1.29 is 25.2 Å². The van der Waals surface area contributed by atoms with E-state index in [0.717, 1.165) is 0 Å². The molecule has 0 bridgehead atoms. The Hall–Kier alpha value is -2.05. The predicted molar refractivity (Wildman–Crippen MR) is 76.7 cm³/mol. The van der Waals surface area contributed by atoms with Crippen LogP contribution in [0.4, 0.5) is 5.95 Å². The minimum Gasteiger partial charge on any atom is -0.394 e. The summed E-state index contributed by atoms with van der Waals surface area (Å²) >= 11 is 0. The van der Waals surface area contributed by atoms with Crippen LogP contribution in [0.2, 0.25) is 0 Å². The normalized spacial score (nSPS) is 31.4. The fraction of sp³-hybridized carbons (Fsp3) is 0.583. The number of hydrogen-bond donors (Lipinski definition) is 6. The number of likely N-dealkylation sites (N-methyl/N-ethyl adjacent to an activating group) is 1. The van der Waals surface area contributed by atoms with Crippen molar-refractivity contribution in [3.8, 4) is 0 Å². The average Bonchev–Trinajstić information content (AvgIpc) is 3.01. The number of fused-ring (bicyclic) bond motifs is 1. The molecule has 1 aliphatic heterocycles. The van der Waals surface area contributed by atoms with Gasteiger partial charge in [0, 0.05) is 7.05 Å². The Kier molecular flexibility index (Phi) is 4.04. The maximum absolute atomic E-state index is 11.9. The molecule has 0 aromatic carbocycles. The van der Waals surface area contributed by atoms with Gasteiger partial charge in [0.25, 0.3) is 5.56 Å². The van der Waals surface area contributed by atoms with Crippen LogP contribution in [0.15, 0.2) is 11.1 Å². The van der Waals surface area contributed by atoms with Gasteiger partial charge in [0.1, 0.15) is 24.4 Å². The minimum atomic E-state index is -1.52. The zero-order valence-electron chi connectivity index (χ0n) is 12.1. The lowest BCUT2D eigenvalue weighted by Crippen LogP contribution is -2.63. The molecule has 1 fully saturated rings. The third-order valence-corrected chi connectivity index (χ3v) is 3.87. The molecule has 2 aromatic rings. The van der Waals surface area contributed by atoms with E-state index in [1.165, 1.54) is 18.3 Å². The second kappa shape index (κ2) is 5.86. The standard InChI is InChI=1S/C12H17N5O6/c1-17(11-8(21)7(20)6(19)4(2-18)23-11)12-15-9-5(10(22)16-12)13-3-14-9/h3-4,6-8,11,18-21H,2H2,1H3,(H2,13,14,15,16,22)/t4-,6-,7+,8-,11-/m1/s1. The van der Waals surface area contributed by atoms with E-state index in [0.29, 0.717) is 0 Å². The second-order valence-corrected chi connectivity index (χ2v) is 5.32. The lowest BCUT2D eigenvalue weighted by Gasteiger charge is -2.43. The van der Waals surface area contributed by atoms with Crippen molar-refractivity contribution in [2.45, 2.75) is 30.6 Å². The van der Waals surface area contributed by atoms with Gasteiger partial charge in [-0.3, -0.25) is 9.78 Å². The number of imidazole rings is 1. The largest absolute Gasteiger partial charge is 0.394 e. The molecule has 0 amide bonds. The van der Waals surface area contributed by atoms with Gasteiger partial charge in [-0.15, -0.1) is 0 Å². The van der Waals surface area contributed by atoms with Gasteiger partial charge in [0.05, 0.1) is 12.9 Å². The van der Waals surface area contributed by atoms with Gasteiger partial charge in [-0.05, 0) is 0 Å². The molecule has 1 saturated heterocycles. The molecule has 126 valence electrons. The summed E-state index contributed by atoms with van der Waals surface area (Å²) in [5.74, 6) is 0.0546. The smallest absolute Gasteiger partial charge is 0.278 e. The Bertz CT molecular complexity index is 745. The molecule has 11 nitrogen and oxygen atoms in total. The summed E-state index contributed by atoms with van der Waals surface area (Å²) in [5.41, 5.74) is -0.0740. The monoisotopic (exact) mass is 327 g/mol. The Morgan fingerprint density at radius 2 is 2.04 bits per heavy atom. The van der Waals surface area contributed by atoms with Gasteiger partial charge in [-0.2, -0.15) is 4.98 Å². The van der Waals surface area contributed by atoms with E-state index in [2.05, 4.69) is 19.9 Å². The molecule has 0 spiro atoms. The molecule has 0 radical (unpaired) electrons. The number of rotatable bonds is 3. The van der Waals surface area contributed by atoms with Crippen LogP contribution >= 0.6 is 0 Å². The fourth-order valence-electron chi connectivity index (χ4n) is 2.52. The molecule has 6 N–H and O–H groups in total. The van der Waals surface area contributed by atoms with E-state index in [9.17, 15) is 25.2 Å². The minimum absolute atomic E-state index is 0.0546. The molecule has 3 heterocycles. The van der Waals surface area contributed by atoms with Crippen molar-refractivity contribution in [2.24, 2.45) is 0 Å². The third kappa shape index (κ3) is 2.58. The van der Waals surface area contributed by atoms with Crippen molar-refractivity contribution >= 4 is 17.1 Å². The van der Waals surface area contributed by atoms with Crippen LogP contribution in [0, 0.1) is 0 Å². The summed E-state index contributed by atoms with van der Waals surface area (Å²) in [4.78, 5) is 26.4. The van der Waals surface area contributed by atoms with E-state index >= 15 is 0 Å². The lowest BCUT2D eigenvalue weighted by molar-refractivity contribution is -0.228.